The van der Waals surface area contributed by atoms with Crippen LogP contribution in [0.15, 0.2) is 10.7 Å². The third-order valence-corrected chi connectivity index (χ3v) is 2.29. The monoisotopic (exact) mass is 166 g/mol. The number of rotatable bonds is 3. The van der Waals surface area contributed by atoms with E-state index in [9.17, 15) is 0 Å². The maximum absolute atomic E-state index is 5.33. The largest absolute Gasteiger partial charge is 0.469 e. The highest BCUT2D eigenvalue weighted by molar-refractivity contribution is 5.25. The molecule has 0 aliphatic heterocycles. The van der Waals surface area contributed by atoms with E-state index in [1.807, 2.05) is 13.2 Å². The van der Waals surface area contributed by atoms with E-state index < -0.39 is 0 Å². The molecule has 68 valence electrons. The second-order valence-corrected chi connectivity index (χ2v) is 3.89. The summed E-state index contributed by atoms with van der Waals surface area (Å²) in [7, 11) is 0. The van der Waals surface area contributed by atoms with E-state index >= 15 is 0 Å². The lowest BCUT2D eigenvalue weighted by Crippen LogP contribution is -1.93. The molecule has 1 rings (SSSR count). The Labute approximate surface area is 74.8 Å². The van der Waals surface area contributed by atoms with Crippen molar-refractivity contribution in [3.05, 3.63) is 23.2 Å². The molecule has 0 aliphatic rings. The zero-order valence-electron chi connectivity index (χ0n) is 8.48. The van der Waals surface area contributed by atoms with E-state index in [0.29, 0.717) is 0 Å². The molecule has 12 heavy (non-hydrogen) atoms. The SMILES string of the molecule is Cc1coc(C)c1CCC(C)C. The first-order valence-electron chi connectivity index (χ1n) is 4.65. The number of hydrogen-bond acceptors (Lipinski definition) is 1. The van der Waals surface area contributed by atoms with Gasteiger partial charge in [0.1, 0.15) is 5.76 Å². The first-order valence-corrected chi connectivity index (χ1v) is 4.65. The molecular weight excluding hydrogens is 148 g/mol. The number of aryl methyl sites for hydroxylation is 2. The molecule has 0 saturated carbocycles. The van der Waals surface area contributed by atoms with Crippen LogP contribution >= 0.6 is 0 Å². The Kier molecular flexibility index (Phi) is 2.96. The molecule has 0 radical (unpaired) electrons. The number of hydrogen-bond donors (Lipinski definition) is 0. The molecule has 1 nitrogen and oxygen atoms in total. The highest BCUT2D eigenvalue weighted by Gasteiger charge is 2.06. The summed E-state index contributed by atoms with van der Waals surface area (Å²) in [5.41, 5.74) is 2.71. The third kappa shape index (κ3) is 2.13. The van der Waals surface area contributed by atoms with Crippen LogP contribution in [0.3, 0.4) is 0 Å². The Hall–Kier alpha value is -0.720. The van der Waals surface area contributed by atoms with Crippen LogP contribution in [0.2, 0.25) is 0 Å². The van der Waals surface area contributed by atoms with Crippen molar-refractivity contribution in [2.24, 2.45) is 5.92 Å². The van der Waals surface area contributed by atoms with Gasteiger partial charge in [-0.3, -0.25) is 0 Å². The van der Waals surface area contributed by atoms with E-state index in [1.54, 1.807) is 0 Å². The minimum Gasteiger partial charge on any atom is -0.469 e. The van der Waals surface area contributed by atoms with Crippen molar-refractivity contribution in [1.82, 2.24) is 0 Å². The van der Waals surface area contributed by atoms with Gasteiger partial charge in [0.05, 0.1) is 6.26 Å². The molecule has 0 spiro atoms. The van der Waals surface area contributed by atoms with Crippen LogP contribution in [0.5, 0.6) is 0 Å². The maximum atomic E-state index is 5.33. The average Bonchev–Trinajstić information content (AvgIpc) is 2.28. The lowest BCUT2D eigenvalue weighted by molar-refractivity contribution is 0.522. The zero-order valence-corrected chi connectivity index (χ0v) is 8.48. The van der Waals surface area contributed by atoms with Crippen molar-refractivity contribution in [2.75, 3.05) is 0 Å². The summed E-state index contributed by atoms with van der Waals surface area (Å²) in [6.45, 7) is 8.67. The van der Waals surface area contributed by atoms with Crippen molar-refractivity contribution in [3.8, 4) is 0 Å². The van der Waals surface area contributed by atoms with Gasteiger partial charge >= 0.3 is 0 Å². The average molecular weight is 166 g/mol. The fourth-order valence-corrected chi connectivity index (χ4v) is 1.40. The maximum Gasteiger partial charge on any atom is 0.104 e. The molecule has 0 amide bonds. The second-order valence-electron chi connectivity index (χ2n) is 3.89. The zero-order chi connectivity index (χ0) is 9.14. The Morgan fingerprint density at radius 3 is 2.42 bits per heavy atom. The molecule has 0 saturated heterocycles. The van der Waals surface area contributed by atoms with Gasteiger partial charge in [-0.2, -0.15) is 0 Å². The van der Waals surface area contributed by atoms with Crippen LogP contribution < -0.4 is 0 Å². The van der Waals surface area contributed by atoms with Crippen LogP contribution in [0.25, 0.3) is 0 Å². The van der Waals surface area contributed by atoms with E-state index in [-0.39, 0.29) is 0 Å². The lowest BCUT2D eigenvalue weighted by atomic mass is 10.0. The van der Waals surface area contributed by atoms with Crippen molar-refractivity contribution >= 4 is 0 Å². The molecular formula is C11H18O. The summed E-state index contributed by atoms with van der Waals surface area (Å²) < 4.78 is 5.33. The molecule has 0 fully saturated rings. The summed E-state index contributed by atoms with van der Waals surface area (Å²) >= 11 is 0. The van der Waals surface area contributed by atoms with Gasteiger partial charge in [-0.25, -0.2) is 0 Å². The third-order valence-electron chi connectivity index (χ3n) is 2.29. The first kappa shape index (κ1) is 9.37. The fourth-order valence-electron chi connectivity index (χ4n) is 1.40. The van der Waals surface area contributed by atoms with Crippen LogP contribution in [-0.2, 0) is 6.42 Å². The molecule has 0 unspecified atom stereocenters. The predicted octanol–water partition coefficient (Wildman–Crippen LogP) is 3.49. The molecule has 0 N–H and O–H groups in total. The van der Waals surface area contributed by atoms with Crippen LogP contribution in [0.1, 0.15) is 37.2 Å². The summed E-state index contributed by atoms with van der Waals surface area (Å²) in [6, 6.07) is 0. The Morgan fingerprint density at radius 1 is 1.33 bits per heavy atom. The standard InChI is InChI=1S/C11H18O/c1-8(2)5-6-11-9(3)7-12-10(11)4/h7-8H,5-6H2,1-4H3. The molecule has 0 aromatic carbocycles. The minimum absolute atomic E-state index is 0.777. The van der Waals surface area contributed by atoms with Crippen LogP contribution in [-0.4, -0.2) is 0 Å². The van der Waals surface area contributed by atoms with Crippen molar-refractivity contribution < 1.29 is 4.42 Å². The van der Waals surface area contributed by atoms with Gasteiger partial charge in [0, 0.05) is 0 Å². The van der Waals surface area contributed by atoms with E-state index in [1.165, 1.54) is 17.5 Å². The fraction of sp³-hybridized carbons (Fsp3) is 0.636. The molecule has 1 heterocycles. The predicted molar refractivity (Wildman–Crippen MR) is 51.3 cm³/mol. The molecule has 0 aliphatic carbocycles. The van der Waals surface area contributed by atoms with Gasteiger partial charge in [0.2, 0.25) is 0 Å². The Morgan fingerprint density at radius 2 is 2.00 bits per heavy atom. The van der Waals surface area contributed by atoms with Crippen LogP contribution in [0.4, 0.5) is 0 Å². The minimum atomic E-state index is 0.777. The van der Waals surface area contributed by atoms with Crippen LogP contribution in [0, 0.1) is 19.8 Å². The Balaban J connectivity index is 2.62. The highest BCUT2D eigenvalue weighted by Crippen LogP contribution is 2.18. The van der Waals surface area contributed by atoms with Gasteiger partial charge in [-0.1, -0.05) is 13.8 Å². The summed E-state index contributed by atoms with van der Waals surface area (Å²) in [4.78, 5) is 0. The first-order chi connectivity index (χ1) is 5.61. The van der Waals surface area contributed by atoms with Gasteiger partial charge in [0.15, 0.2) is 0 Å². The molecule has 1 aromatic heterocycles. The van der Waals surface area contributed by atoms with Crippen molar-refractivity contribution in [3.63, 3.8) is 0 Å². The molecule has 0 bridgehead atoms. The number of furan rings is 1. The topological polar surface area (TPSA) is 13.1 Å². The van der Waals surface area contributed by atoms with Gasteiger partial charge in [0.25, 0.3) is 0 Å². The van der Waals surface area contributed by atoms with Gasteiger partial charge < -0.3 is 4.42 Å². The van der Waals surface area contributed by atoms with E-state index in [0.717, 1.165) is 18.1 Å². The summed E-state index contributed by atoms with van der Waals surface area (Å²) in [5.74, 6) is 1.87. The van der Waals surface area contributed by atoms with Gasteiger partial charge in [-0.05, 0) is 43.7 Å². The summed E-state index contributed by atoms with van der Waals surface area (Å²) in [6.07, 6.45) is 4.26. The molecule has 0 atom stereocenters. The van der Waals surface area contributed by atoms with E-state index in [2.05, 4.69) is 20.8 Å². The van der Waals surface area contributed by atoms with Gasteiger partial charge in [-0.15, -0.1) is 0 Å². The van der Waals surface area contributed by atoms with Crippen molar-refractivity contribution in [1.29, 1.82) is 0 Å². The molecule has 1 heteroatoms. The summed E-state index contributed by atoms with van der Waals surface area (Å²) in [5, 5.41) is 0. The molecule has 1 aromatic rings. The smallest absolute Gasteiger partial charge is 0.104 e. The van der Waals surface area contributed by atoms with Crippen molar-refractivity contribution in [2.45, 2.75) is 40.5 Å². The lowest BCUT2D eigenvalue weighted by Gasteiger charge is -2.03. The second kappa shape index (κ2) is 3.79. The Bertz CT molecular complexity index is 226. The van der Waals surface area contributed by atoms with E-state index in [4.69, 9.17) is 4.42 Å². The quantitative estimate of drug-likeness (QED) is 0.670. The normalized spacial score (nSPS) is 11.1. The highest BCUT2D eigenvalue weighted by atomic mass is 16.3.